The molecule has 1 aliphatic rings. The molecule has 1 atom stereocenters. The summed E-state index contributed by atoms with van der Waals surface area (Å²) >= 11 is 5.92. The van der Waals surface area contributed by atoms with Gasteiger partial charge in [-0.2, -0.15) is 0 Å². The van der Waals surface area contributed by atoms with Crippen molar-refractivity contribution < 1.29 is 9.59 Å². The number of imide groups is 1. The zero-order valence-corrected chi connectivity index (χ0v) is 10.1. The molecule has 0 aliphatic carbocycles. The fraction of sp³-hybridized carbons (Fsp3) is 0.364. The van der Waals surface area contributed by atoms with E-state index in [2.05, 4.69) is 10.3 Å². The molecular weight excluding hydrogens is 242 g/mol. The number of rotatable bonds is 3. The van der Waals surface area contributed by atoms with E-state index >= 15 is 0 Å². The minimum absolute atomic E-state index is 0.152. The van der Waals surface area contributed by atoms with Crippen LogP contribution in [0.2, 0.25) is 5.02 Å². The Balaban J connectivity index is 2.14. The van der Waals surface area contributed by atoms with Gasteiger partial charge in [-0.05, 0) is 19.1 Å². The van der Waals surface area contributed by atoms with E-state index in [1.54, 1.807) is 25.3 Å². The molecule has 1 unspecified atom stereocenters. The van der Waals surface area contributed by atoms with Crippen LogP contribution in [-0.2, 0) is 9.59 Å². The van der Waals surface area contributed by atoms with Crippen molar-refractivity contribution in [2.75, 3.05) is 11.9 Å². The van der Waals surface area contributed by atoms with Gasteiger partial charge in [0.05, 0.1) is 11.4 Å². The molecule has 90 valence electrons. The van der Waals surface area contributed by atoms with Gasteiger partial charge >= 0.3 is 0 Å². The Labute approximate surface area is 104 Å². The molecule has 0 aromatic carbocycles. The van der Waals surface area contributed by atoms with E-state index in [9.17, 15) is 9.59 Å². The monoisotopic (exact) mass is 253 g/mol. The van der Waals surface area contributed by atoms with Crippen molar-refractivity contribution in [3.05, 3.63) is 23.4 Å². The molecule has 1 saturated heterocycles. The fourth-order valence-electron chi connectivity index (χ4n) is 1.79. The molecule has 1 aromatic rings. The van der Waals surface area contributed by atoms with Crippen molar-refractivity contribution in [1.82, 2.24) is 9.88 Å². The summed E-state index contributed by atoms with van der Waals surface area (Å²) in [6, 6.07) is 2.82. The maximum absolute atomic E-state index is 11.8. The summed E-state index contributed by atoms with van der Waals surface area (Å²) in [7, 11) is 0. The van der Waals surface area contributed by atoms with Crippen LogP contribution in [0.5, 0.6) is 0 Å². The van der Waals surface area contributed by atoms with Crippen molar-refractivity contribution in [2.24, 2.45) is 0 Å². The number of aromatic nitrogens is 1. The minimum Gasteiger partial charge on any atom is -0.357 e. The largest absolute Gasteiger partial charge is 0.357 e. The minimum atomic E-state index is -0.560. The average molecular weight is 254 g/mol. The van der Waals surface area contributed by atoms with E-state index in [-0.39, 0.29) is 18.2 Å². The quantitative estimate of drug-likeness (QED) is 0.825. The number of carbonyl (C=O) groups is 2. The number of hydrogen-bond acceptors (Lipinski definition) is 4. The first-order valence-electron chi connectivity index (χ1n) is 5.34. The number of nitrogens with one attached hydrogen (secondary N) is 1. The van der Waals surface area contributed by atoms with Gasteiger partial charge in [-0.25, -0.2) is 4.98 Å². The smallest absolute Gasteiger partial charge is 0.252 e. The molecular formula is C11H12ClN3O2. The second kappa shape index (κ2) is 4.71. The highest BCUT2D eigenvalue weighted by molar-refractivity contribution is 6.33. The summed E-state index contributed by atoms with van der Waals surface area (Å²) < 4.78 is 0. The van der Waals surface area contributed by atoms with Gasteiger partial charge in [-0.15, -0.1) is 0 Å². The maximum Gasteiger partial charge on any atom is 0.252 e. The Morgan fingerprint density at radius 1 is 1.59 bits per heavy atom. The number of likely N-dealkylation sites (tertiary alicyclic amines) is 1. The third-order valence-electron chi connectivity index (χ3n) is 2.63. The molecule has 2 heterocycles. The summed E-state index contributed by atoms with van der Waals surface area (Å²) in [6.45, 7) is 2.16. The van der Waals surface area contributed by atoms with E-state index in [0.717, 1.165) is 0 Å². The number of hydrogen-bond donors (Lipinski definition) is 1. The second-order valence-electron chi connectivity index (χ2n) is 3.71. The molecule has 5 nitrogen and oxygen atoms in total. The average Bonchev–Trinajstić information content (AvgIpc) is 2.57. The number of anilines is 1. The molecule has 1 aromatic heterocycles. The summed E-state index contributed by atoms with van der Waals surface area (Å²) in [5, 5.41) is 3.33. The van der Waals surface area contributed by atoms with Gasteiger partial charge in [-0.1, -0.05) is 11.6 Å². The highest BCUT2D eigenvalue weighted by Gasteiger charge is 2.37. The Morgan fingerprint density at radius 3 is 2.94 bits per heavy atom. The SMILES string of the molecule is CCN1C(=O)CC(Nc2ncccc2Cl)C1=O. The molecule has 0 bridgehead atoms. The first-order chi connectivity index (χ1) is 8.13. The second-order valence-corrected chi connectivity index (χ2v) is 4.12. The Bertz CT molecular complexity index is 464. The molecule has 1 N–H and O–H groups in total. The third-order valence-corrected chi connectivity index (χ3v) is 2.93. The van der Waals surface area contributed by atoms with Crippen LogP contribution in [0.4, 0.5) is 5.82 Å². The van der Waals surface area contributed by atoms with Gasteiger partial charge in [0.1, 0.15) is 11.9 Å². The van der Waals surface area contributed by atoms with Crippen LogP contribution in [0.1, 0.15) is 13.3 Å². The molecule has 2 amide bonds. The predicted molar refractivity (Wildman–Crippen MR) is 63.7 cm³/mol. The number of amides is 2. The normalized spacial score (nSPS) is 19.9. The van der Waals surface area contributed by atoms with Crippen molar-refractivity contribution >= 4 is 29.2 Å². The summed E-state index contributed by atoms with van der Waals surface area (Å²) in [6.07, 6.45) is 1.73. The molecule has 0 radical (unpaired) electrons. The van der Waals surface area contributed by atoms with E-state index in [0.29, 0.717) is 17.4 Å². The predicted octanol–water partition coefficient (Wildman–Crippen LogP) is 1.29. The number of pyridine rings is 1. The number of halogens is 1. The molecule has 0 saturated carbocycles. The fourth-order valence-corrected chi connectivity index (χ4v) is 1.96. The lowest BCUT2D eigenvalue weighted by molar-refractivity contribution is -0.138. The Hall–Kier alpha value is -1.62. The molecule has 0 spiro atoms. The van der Waals surface area contributed by atoms with Crippen LogP contribution in [0.15, 0.2) is 18.3 Å². The van der Waals surface area contributed by atoms with Gasteiger partial charge in [-0.3, -0.25) is 14.5 Å². The van der Waals surface area contributed by atoms with Gasteiger partial charge in [0.25, 0.3) is 5.91 Å². The number of likely N-dealkylation sites (N-methyl/N-ethyl adjacent to an activating group) is 1. The maximum atomic E-state index is 11.8. The van der Waals surface area contributed by atoms with E-state index < -0.39 is 6.04 Å². The van der Waals surface area contributed by atoms with Gasteiger partial charge in [0, 0.05) is 12.7 Å². The molecule has 1 fully saturated rings. The van der Waals surface area contributed by atoms with Crippen LogP contribution >= 0.6 is 11.6 Å². The van der Waals surface area contributed by atoms with E-state index in [1.165, 1.54) is 4.90 Å². The van der Waals surface area contributed by atoms with Gasteiger partial charge < -0.3 is 5.32 Å². The van der Waals surface area contributed by atoms with E-state index in [4.69, 9.17) is 11.6 Å². The third kappa shape index (κ3) is 2.24. The molecule has 6 heteroatoms. The van der Waals surface area contributed by atoms with Crippen LogP contribution in [0, 0.1) is 0 Å². The highest BCUT2D eigenvalue weighted by atomic mass is 35.5. The lowest BCUT2D eigenvalue weighted by atomic mass is 10.2. The van der Waals surface area contributed by atoms with Gasteiger partial charge in [0.15, 0.2) is 0 Å². The van der Waals surface area contributed by atoms with Crippen LogP contribution < -0.4 is 5.32 Å². The van der Waals surface area contributed by atoms with Gasteiger partial charge in [0.2, 0.25) is 5.91 Å². The molecule has 2 rings (SSSR count). The van der Waals surface area contributed by atoms with Crippen molar-refractivity contribution in [3.63, 3.8) is 0 Å². The van der Waals surface area contributed by atoms with Crippen LogP contribution in [0.3, 0.4) is 0 Å². The molecule has 1 aliphatic heterocycles. The summed E-state index contributed by atoms with van der Waals surface area (Å²) in [4.78, 5) is 28.6. The van der Waals surface area contributed by atoms with E-state index in [1.807, 2.05) is 0 Å². The molecule has 17 heavy (non-hydrogen) atoms. The number of nitrogens with zero attached hydrogens (tertiary/aromatic N) is 2. The first kappa shape index (κ1) is 11.9. The summed E-state index contributed by atoms with van der Waals surface area (Å²) in [5.41, 5.74) is 0. The van der Waals surface area contributed by atoms with Crippen molar-refractivity contribution in [2.45, 2.75) is 19.4 Å². The number of carbonyl (C=O) groups excluding carboxylic acids is 2. The van der Waals surface area contributed by atoms with Crippen LogP contribution in [0.25, 0.3) is 0 Å². The topological polar surface area (TPSA) is 62.3 Å². The summed E-state index contributed by atoms with van der Waals surface area (Å²) in [5.74, 6) is 0.0412. The Kier molecular flexibility index (Phi) is 3.28. The van der Waals surface area contributed by atoms with Crippen molar-refractivity contribution in [1.29, 1.82) is 0 Å². The lowest BCUT2D eigenvalue weighted by Gasteiger charge is -2.13. The zero-order chi connectivity index (χ0) is 12.4. The standard InChI is InChI=1S/C11H12ClN3O2/c1-2-15-9(16)6-8(11(15)17)14-10-7(12)4-3-5-13-10/h3-5,8H,2,6H2,1H3,(H,13,14). The van der Waals surface area contributed by atoms with Crippen molar-refractivity contribution in [3.8, 4) is 0 Å². The van der Waals surface area contributed by atoms with Crippen LogP contribution in [-0.4, -0.2) is 34.3 Å². The first-order valence-corrected chi connectivity index (χ1v) is 5.72. The highest BCUT2D eigenvalue weighted by Crippen LogP contribution is 2.22. The zero-order valence-electron chi connectivity index (χ0n) is 9.31. The lowest BCUT2D eigenvalue weighted by Crippen LogP contribution is -2.34. The Morgan fingerprint density at radius 2 is 2.35 bits per heavy atom.